The molecule has 4 aliphatic rings. The number of fused-ring (bicyclic) bond motifs is 1. The first-order chi connectivity index (χ1) is 14.3. The van der Waals surface area contributed by atoms with Crippen molar-refractivity contribution >= 4 is 17.5 Å². The molecule has 4 aliphatic heterocycles. The maximum absolute atomic E-state index is 13.6. The van der Waals surface area contributed by atoms with E-state index < -0.39 is 17.4 Å². The summed E-state index contributed by atoms with van der Waals surface area (Å²) in [5, 5.41) is 0. The molecule has 2 amide bonds. The van der Waals surface area contributed by atoms with Gasteiger partial charge in [-0.05, 0) is 44.5 Å². The predicted octanol–water partition coefficient (Wildman–Crippen LogP) is 1.97. The van der Waals surface area contributed by atoms with Crippen molar-refractivity contribution in [1.82, 2.24) is 9.80 Å². The Labute approximate surface area is 176 Å². The highest BCUT2D eigenvalue weighted by Crippen LogP contribution is 2.53. The fourth-order valence-electron chi connectivity index (χ4n) is 5.58. The van der Waals surface area contributed by atoms with E-state index in [0.29, 0.717) is 36.9 Å². The Morgan fingerprint density at radius 3 is 2.63 bits per heavy atom. The number of hydrogen-bond donors (Lipinski definition) is 0. The van der Waals surface area contributed by atoms with Crippen molar-refractivity contribution in [3.63, 3.8) is 0 Å². The number of piperazine rings is 1. The predicted molar refractivity (Wildman–Crippen MR) is 111 cm³/mol. The number of rotatable bonds is 3. The van der Waals surface area contributed by atoms with E-state index in [1.54, 1.807) is 17.9 Å². The van der Waals surface area contributed by atoms with Crippen LogP contribution in [-0.2, 0) is 14.3 Å². The molecule has 1 aromatic rings. The summed E-state index contributed by atoms with van der Waals surface area (Å²) in [4.78, 5) is 32.9. The first-order valence-electron chi connectivity index (χ1n) is 10.8. The number of hydrogen-bond acceptors (Lipinski definition) is 4. The molecule has 6 nitrogen and oxygen atoms in total. The van der Waals surface area contributed by atoms with Gasteiger partial charge in [-0.25, -0.2) is 4.39 Å². The second-order valence-corrected chi connectivity index (χ2v) is 9.21. The normalized spacial score (nSPS) is 33.1. The quantitative estimate of drug-likeness (QED) is 0.711. The van der Waals surface area contributed by atoms with E-state index in [4.69, 9.17) is 4.74 Å². The Morgan fingerprint density at radius 2 is 1.97 bits per heavy atom. The summed E-state index contributed by atoms with van der Waals surface area (Å²) in [5.41, 5.74) is 0.621. The molecule has 2 bridgehead atoms. The monoisotopic (exact) mass is 413 g/mol. The SMILES string of the molecule is Cc1cc(F)ccc1N1C[C@]23C=C[C@H](O2)[C@@H](C(=O)N2CCN(C(C)C)CC2)[C@H]3C1=O. The second kappa shape index (κ2) is 6.89. The van der Waals surface area contributed by atoms with Crippen molar-refractivity contribution in [2.45, 2.75) is 38.5 Å². The lowest BCUT2D eigenvalue weighted by molar-refractivity contribution is -0.142. The van der Waals surface area contributed by atoms with Crippen molar-refractivity contribution in [2.75, 3.05) is 37.6 Å². The van der Waals surface area contributed by atoms with Gasteiger partial charge in [-0.1, -0.05) is 12.2 Å². The number of nitrogens with zero attached hydrogens (tertiary/aromatic N) is 3. The molecule has 30 heavy (non-hydrogen) atoms. The van der Waals surface area contributed by atoms with Gasteiger partial charge in [-0.3, -0.25) is 14.5 Å². The van der Waals surface area contributed by atoms with Crippen LogP contribution in [0.25, 0.3) is 0 Å². The number of ether oxygens (including phenoxy) is 1. The zero-order valence-electron chi connectivity index (χ0n) is 17.7. The minimum Gasteiger partial charge on any atom is -0.360 e. The van der Waals surface area contributed by atoms with Crippen molar-refractivity contribution in [3.05, 3.63) is 41.7 Å². The van der Waals surface area contributed by atoms with Crippen LogP contribution in [0.1, 0.15) is 19.4 Å². The molecule has 3 fully saturated rings. The van der Waals surface area contributed by atoms with E-state index in [0.717, 1.165) is 13.1 Å². The number of aryl methyl sites for hydroxylation is 1. The third kappa shape index (κ3) is 2.82. The van der Waals surface area contributed by atoms with E-state index in [-0.39, 0.29) is 23.7 Å². The average molecular weight is 413 g/mol. The van der Waals surface area contributed by atoms with Gasteiger partial charge in [-0.2, -0.15) is 0 Å². The van der Waals surface area contributed by atoms with Gasteiger partial charge < -0.3 is 14.5 Å². The highest BCUT2D eigenvalue weighted by Gasteiger charge is 2.67. The molecule has 0 radical (unpaired) electrons. The highest BCUT2D eigenvalue weighted by molar-refractivity contribution is 6.03. The van der Waals surface area contributed by atoms with E-state index in [9.17, 15) is 14.0 Å². The fraction of sp³-hybridized carbons (Fsp3) is 0.565. The van der Waals surface area contributed by atoms with E-state index >= 15 is 0 Å². The minimum absolute atomic E-state index is 0.0191. The van der Waals surface area contributed by atoms with Crippen LogP contribution in [0.15, 0.2) is 30.4 Å². The van der Waals surface area contributed by atoms with Gasteiger partial charge in [0.1, 0.15) is 11.4 Å². The highest BCUT2D eigenvalue weighted by atomic mass is 19.1. The summed E-state index contributed by atoms with van der Waals surface area (Å²) >= 11 is 0. The molecule has 0 N–H and O–H groups in total. The zero-order chi connectivity index (χ0) is 21.2. The Morgan fingerprint density at radius 1 is 1.23 bits per heavy atom. The maximum atomic E-state index is 13.6. The van der Waals surface area contributed by atoms with E-state index in [1.807, 2.05) is 17.1 Å². The Hall–Kier alpha value is -2.25. The Bertz CT molecular complexity index is 924. The number of benzene rings is 1. The zero-order valence-corrected chi connectivity index (χ0v) is 17.7. The van der Waals surface area contributed by atoms with Gasteiger partial charge in [0.15, 0.2) is 0 Å². The van der Waals surface area contributed by atoms with Gasteiger partial charge in [-0.15, -0.1) is 0 Å². The van der Waals surface area contributed by atoms with Crippen LogP contribution in [-0.4, -0.2) is 72.1 Å². The molecular weight excluding hydrogens is 385 g/mol. The topological polar surface area (TPSA) is 53.1 Å². The van der Waals surface area contributed by atoms with Crippen molar-refractivity contribution in [3.8, 4) is 0 Å². The van der Waals surface area contributed by atoms with Crippen molar-refractivity contribution in [1.29, 1.82) is 0 Å². The summed E-state index contributed by atoms with van der Waals surface area (Å²) in [6.07, 6.45) is 3.56. The lowest BCUT2D eigenvalue weighted by Crippen LogP contribution is -2.54. The molecule has 0 aromatic heterocycles. The number of carbonyl (C=O) groups excluding carboxylic acids is 2. The number of carbonyl (C=O) groups is 2. The van der Waals surface area contributed by atoms with E-state index in [1.165, 1.54) is 12.1 Å². The van der Waals surface area contributed by atoms with Crippen molar-refractivity contribution < 1.29 is 18.7 Å². The second-order valence-electron chi connectivity index (χ2n) is 9.21. The van der Waals surface area contributed by atoms with Crippen LogP contribution >= 0.6 is 0 Å². The molecule has 0 unspecified atom stereocenters. The van der Waals surface area contributed by atoms with Crippen LogP contribution < -0.4 is 4.90 Å². The van der Waals surface area contributed by atoms with Gasteiger partial charge in [0.2, 0.25) is 11.8 Å². The van der Waals surface area contributed by atoms with Gasteiger partial charge in [0.25, 0.3) is 0 Å². The summed E-state index contributed by atoms with van der Waals surface area (Å²) in [7, 11) is 0. The first-order valence-corrected chi connectivity index (χ1v) is 10.8. The molecule has 160 valence electrons. The standard InChI is InChI=1S/C23H28FN3O3/c1-14(2)25-8-10-26(11-9-25)21(28)19-18-6-7-23(30-18)13-27(22(29)20(19)23)17-5-4-16(24)12-15(17)3/h4-7,12,14,18-20H,8-11,13H2,1-3H3/t18-,19+,20-,23-/m0/s1. The number of amides is 2. The van der Waals surface area contributed by atoms with Crippen molar-refractivity contribution in [2.24, 2.45) is 11.8 Å². The van der Waals surface area contributed by atoms with Crippen LogP contribution in [0.2, 0.25) is 0 Å². The summed E-state index contributed by atoms with van der Waals surface area (Å²) < 4.78 is 19.8. The van der Waals surface area contributed by atoms with Gasteiger partial charge in [0, 0.05) is 37.9 Å². The lowest BCUT2D eigenvalue weighted by Gasteiger charge is -2.39. The molecule has 0 saturated carbocycles. The lowest BCUT2D eigenvalue weighted by atomic mass is 9.76. The van der Waals surface area contributed by atoms with Gasteiger partial charge in [0.05, 0.1) is 24.5 Å². The molecule has 3 saturated heterocycles. The van der Waals surface area contributed by atoms with Crippen LogP contribution in [0, 0.1) is 24.6 Å². The molecule has 1 aromatic carbocycles. The third-order valence-electron chi connectivity index (χ3n) is 7.19. The average Bonchev–Trinajstić information content (AvgIpc) is 3.36. The fourth-order valence-corrected chi connectivity index (χ4v) is 5.58. The minimum atomic E-state index is -0.761. The molecule has 5 rings (SSSR count). The van der Waals surface area contributed by atoms with Crippen LogP contribution in [0.5, 0.6) is 0 Å². The molecular formula is C23H28FN3O3. The number of halogens is 1. The van der Waals surface area contributed by atoms with E-state index in [2.05, 4.69) is 18.7 Å². The Kier molecular flexibility index (Phi) is 4.52. The molecule has 4 heterocycles. The summed E-state index contributed by atoms with van der Waals surface area (Å²) in [5.74, 6) is -1.42. The molecule has 1 spiro atoms. The Balaban J connectivity index is 1.40. The van der Waals surface area contributed by atoms with Gasteiger partial charge >= 0.3 is 0 Å². The van der Waals surface area contributed by atoms with Crippen LogP contribution in [0.3, 0.4) is 0 Å². The number of anilines is 1. The largest absolute Gasteiger partial charge is 0.360 e. The summed E-state index contributed by atoms with van der Waals surface area (Å²) in [6.45, 7) is 9.54. The molecule has 4 atom stereocenters. The smallest absolute Gasteiger partial charge is 0.234 e. The first kappa shape index (κ1) is 19.7. The molecule has 0 aliphatic carbocycles. The molecule has 7 heteroatoms. The summed E-state index contributed by atoms with van der Waals surface area (Å²) in [6, 6.07) is 4.90. The maximum Gasteiger partial charge on any atom is 0.234 e. The van der Waals surface area contributed by atoms with Crippen LogP contribution in [0.4, 0.5) is 10.1 Å². The third-order valence-corrected chi connectivity index (χ3v) is 7.19.